The van der Waals surface area contributed by atoms with E-state index in [0.29, 0.717) is 12.3 Å². The maximum Gasteiger partial charge on any atom is 0.212 e. The van der Waals surface area contributed by atoms with Gasteiger partial charge in [0, 0.05) is 0 Å². The number of rotatable bonds is 7. The van der Waals surface area contributed by atoms with Crippen LogP contribution in [0, 0.1) is 5.92 Å². The molecule has 0 spiro atoms. The first-order valence-electron chi connectivity index (χ1n) is 6.10. The molecule has 0 radical (unpaired) electrons. The van der Waals surface area contributed by atoms with Crippen molar-refractivity contribution >= 4 is 10.0 Å². The van der Waals surface area contributed by atoms with E-state index in [2.05, 4.69) is 4.72 Å². The molecule has 0 saturated heterocycles. The number of hydrogen-bond donors (Lipinski definition) is 2. The van der Waals surface area contributed by atoms with E-state index in [1.807, 2.05) is 32.0 Å². The minimum absolute atomic E-state index is 0.0913. The van der Waals surface area contributed by atoms with E-state index in [0.717, 1.165) is 5.56 Å². The Bertz CT molecular complexity index is 443. The van der Waals surface area contributed by atoms with E-state index >= 15 is 0 Å². The molecular weight excluding hydrogens is 250 g/mol. The molecule has 0 aliphatic carbocycles. The fourth-order valence-electron chi connectivity index (χ4n) is 1.56. The third-order valence-electron chi connectivity index (χ3n) is 2.67. The second kappa shape index (κ2) is 6.87. The summed E-state index contributed by atoms with van der Waals surface area (Å²) < 4.78 is 26.2. The molecule has 18 heavy (non-hydrogen) atoms. The second-order valence-corrected chi connectivity index (χ2v) is 6.64. The van der Waals surface area contributed by atoms with Gasteiger partial charge in [-0.25, -0.2) is 13.1 Å². The van der Waals surface area contributed by atoms with Crippen LogP contribution in [0.15, 0.2) is 30.3 Å². The number of sulfonamides is 1. The van der Waals surface area contributed by atoms with Crippen LogP contribution in [0.3, 0.4) is 0 Å². The molecule has 1 atom stereocenters. The lowest BCUT2D eigenvalue weighted by Crippen LogP contribution is -2.33. The summed E-state index contributed by atoms with van der Waals surface area (Å²) in [6.07, 6.45) is 0.613. The quantitative estimate of drug-likeness (QED) is 0.793. The highest BCUT2D eigenvalue weighted by Gasteiger charge is 2.18. The van der Waals surface area contributed by atoms with Crippen LogP contribution in [0.5, 0.6) is 0 Å². The van der Waals surface area contributed by atoms with Crippen molar-refractivity contribution < 1.29 is 13.5 Å². The third-order valence-corrected chi connectivity index (χ3v) is 4.09. The largest absolute Gasteiger partial charge is 0.394 e. The summed E-state index contributed by atoms with van der Waals surface area (Å²) in [7, 11) is -3.35. The zero-order valence-electron chi connectivity index (χ0n) is 10.8. The van der Waals surface area contributed by atoms with Crippen LogP contribution < -0.4 is 4.72 Å². The van der Waals surface area contributed by atoms with Crippen molar-refractivity contribution in [2.75, 3.05) is 12.4 Å². The van der Waals surface area contributed by atoms with Gasteiger partial charge < -0.3 is 5.11 Å². The molecule has 0 aliphatic rings. The van der Waals surface area contributed by atoms with E-state index in [4.69, 9.17) is 0 Å². The lowest BCUT2D eigenvalue weighted by molar-refractivity contribution is 0.259. The first-order valence-corrected chi connectivity index (χ1v) is 7.75. The molecule has 4 nitrogen and oxygen atoms in total. The molecular formula is C13H21NO3S. The molecule has 1 aromatic rings. The Labute approximate surface area is 109 Å². The highest BCUT2D eigenvalue weighted by molar-refractivity contribution is 7.89. The molecule has 0 aliphatic heterocycles. The van der Waals surface area contributed by atoms with Crippen molar-refractivity contribution in [2.24, 2.45) is 5.92 Å². The molecule has 0 unspecified atom stereocenters. The molecule has 0 fully saturated rings. The molecule has 1 rings (SSSR count). The molecule has 0 amide bonds. The van der Waals surface area contributed by atoms with Crippen molar-refractivity contribution in [3.63, 3.8) is 0 Å². The van der Waals surface area contributed by atoms with E-state index in [9.17, 15) is 13.5 Å². The Hall–Kier alpha value is -0.910. The Morgan fingerprint density at radius 3 is 2.33 bits per heavy atom. The van der Waals surface area contributed by atoms with Gasteiger partial charge in [-0.3, -0.25) is 0 Å². The van der Waals surface area contributed by atoms with Crippen molar-refractivity contribution in [1.29, 1.82) is 0 Å². The lowest BCUT2D eigenvalue weighted by Gasteiger charge is -2.17. The van der Waals surface area contributed by atoms with Crippen LogP contribution in [-0.2, 0) is 10.0 Å². The van der Waals surface area contributed by atoms with E-state index < -0.39 is 16.1 Å². The topological polar surface area (TPSA) is 66.4 Å². The van der Waals surface area contributed by atoms with Gasteiger partial charge in [-0.2, -0.15) is 0 Å². The summed E-state index contributed by atoms with van der Waals surface area (Å²) in [5.74, 6) is 0.430. The van der Waals surface area contributed by atoms with Crippen LogP contribution in [0.4, 0.5) is 0 Å². The number of nitrogens with one attached hydrogen (secondary N) is 1. The van der Waals surface area contributed by atoms with Gasteiger partial charge in [0.2, 0.25) is 10.0 Å². The predicted octanol–water partition coefficient (Wildman–Crippen LogP) is 1.69. The average Bonchev–Trinajstić information content (AvgIpc) is 2.35. The summed E-state index contributed by atoms with van der Waals surface area (Å²) >= 11 is 0. The first kappa shape index (κ1) is 15.1. The van der Waals surface area contributed by atoms with Crippen LogP contribution in [0.1, 0.15) is 31.9 Å². The standard InChI is InChI=1S/C13H21NO3S/c1-11(2)8-9-18(16,17)14-13(10-15)12-6-4-3-5-7-12/h3-7,11,13-15H,8-10H2,1-2H3/t13-/m0/s1. The summed E-state index contributed by atoms with van der Waals surface area (Å²) in [4.78, 5) is 0. The maximum absolute atomic E-state index is 11.9. The number of benzene rings is 1. The maximum atomic E-state index is 11.9. The minimum atomic E-state index is -3.35. The molecule has 102 valence electrons. The summed E-state index contributed by atoms with van der Waals surface area (Å²) in [5, 5.41) is 9.29. The van der Waals surface area contributed by atoms with Gasteiger partial charge in [-0.15, -0.1) is 0 Å². The smallest absolute Gasteiger partial charge is 0.212 e. The van der Waals surface area contributed by atoms with Crippen molar-refractivity contribution in [2.45, 2.75) is 26.3 Å². The van der Waals surface area contributed by atoms with Crippen LogP contribution >= 0.6 is 0 Å². The van der Waals surface area contributed by atoms with E-state index in [1.165, 1.54) is 0 Å². The van der Waals surface area contributed by atoms with Crippen molar-refractivity contribution in [3.8, 4) is 0 Å². The van der Waals surface area contributed by atoms with Crippen LogP contribution in [-0.4, -0.2) is 25.9 Å². The summed E-state index contributed by atoms with van der Waals surface area (Å²) in [6.45, 7) is 3.72. The van der Waals surface area contributed by atoms with Crippen LogP contribution in [0.2, 0.25) is 0 Å². The van der Waals surface area contributed by atoms with Gasteiger partial charge in [0.1, 0.15) is 0 Å². The molecule has 0 heterocycles. The van der Waals surface area contributed by atoms with E-state index in [1.54, 1.807) is 12.1 Å². The normalized spacial score (nSPS) is 13.8. The Kier molecular flexibility index (Phi) is 5.78. The van der Waals surface area contributed by atoms with Crippen molar-refractivity contribution in [3.05, 3.63) is 35.9 Å². The highest BCUT2D eigenvalue weighted by Crippen LogP contribution is 2.13. The van der Waals surface area contributed by atoms with Crippen molar-refractivity contribution in [1.82, 2.24) is 4.72 Å². The lowest BCUT2D eigenvalue weighted by atomic mass is 10.1. The third kappa shape index (κ3) is 5.16. The average molecular weight is 271 g/mol. The minimum Gasteiger partial charge on any atom is -0.394 e. The second-order valence-electron chi connectivity index (χ2n) is 4.77. The van der Waals surface area contributed by atoms with Gasteiger partial charge in [0.05, 0.1) is 18.4 Å². The van der Waals surface area contributed by atoms with Gasteiger partial charge >= 0.3 is 0 Å². The molecule has 1 aromatic carbocycles. The first-order chi connectivity index (χ1) is 8.44. The highest BCUT2D eigenvalue weighted by atomic mass is 32.2. The predicted molar refractivity (Wildman–Crippen MR) is 72.6 cm³/mol. The molecule has 0 saturated carbocycles. The SMILES string of the molecule is CC(C)CCS(=O)(=O)N[C@@H](CO)c1ccccc1. The fourth-order valence-corrected chi connectivity index (χ4v) is 3.11. The number of hydrogen-bond acceptors (Lipinski definition) is 3. The molecule has 2 N–H and O–H groups in total. The van der Waals surface area contributed by atoms with Gasteiger partial charge in [0.25, 0.3) is 0 Å². The Morgan fingerprint density at radius 1 is 1.22 bits per heavy atom. The summed E-state index contributed by atoms with van der Waals surface area (Å²) in [5.41, 5.74) is 0.771. The van der Waals surface area contributed by atoms with E-state index in [-0.39, 0.29) is 12.4 Å². The molecule has 0 bridgehead atoms. The monoisotopic (exact) mass is 271 g/mol. The zero-order chi connectivity index (χ0) is 13.6. The Balaban J connectivity index is 2.69. The summed E-state index contributed by atoms with van der Waals surface area (Å²) in [6, 6.07) is 8.52. The van der Waals surface area contributed by atoms with Gasteiger partial charge in [0.15, 0.2) is 0 Å². The number of aliphatic hydroxyl groups excluding tert-OH is 1. The number of aliphatic hydroxyl groups is 1. The van der Waals surface area contributed by atoms with Crippen LogP contribution in [0.25, 0.3) is 0 Å². The van der Waals surface area contributed by atoms with Gasteiger partial charge in [-0.05, 0) is 17.9 Å². The molecule has 5 heteroatoms. The Morgan fingerprint density at radius 2 is 1.83 bits per heavy atom. The van der Waals surface area contributed by atoms with Gasteiger partial charge in [-0.1, -0.05) is 44.2 Å². The zero-order valence-corrected chi connectivity index (χ0v) is 11.7. The molecule has 0 aromatic heterocycles. The fraction of sp³-hybridized carbons (Fsp3) is 0.538.